The molecular formula is C10H25F3O5Si4. The molecule has 132 valence electrons. The molecule has 22 heavy (non-hydrogen) atoms. The highest BCUT2D eigenvalue weighted by Gasteiger charge is 2.39. The smallest absolute Gasteiger partial charge is 0.391 e. The molecule has 1 aliphatic heterocycles. The van der Waals surface area contributed by atoms with Gasteiger partial charge < -0.3 is 21.2 Å². The summed E-state index contributed by atoms with van der Waals surface area (Å²) in [5.74, 6) is 0. The van der Waals surface area contributed by atoms with Gasteiger partial charge in [-0.3, -0.25) is 0 Å². The molecule has 0 bridgehead atoms. The Balaban J connectivity index is 2.32. The fourth-order valence-electron chi connectivity index (χ4n) is 2.26. The summed E-state index contributed by atoms with van der Waals surface area (Å²) in [6.45, 7) is 7.84. The van der Waals surface area contributed by atoms with Crippen LogP contribution in [-0.4, -0.2) is 55.8 Å². The van der Waals surface area contributed by atoms with Crippen molar-refractivity contribution in [1.29, 1.82) is 0 Å². The maximum absolute atomic E-state index is 12.0. The summed E-state index contributed by atoms with van der Waals surface area (Å²) in [5.41, 5.74) is 0. The lowest BCUT2D eigenvalue weighted by molar-refractivity contribution is -0.145. The first-order chi connectivity index (χ1) is 10.1. The van der Waals surface area contributed by atoms with Crippen molar-refractivity contribution < 1.29 is 34.4 Å². The zero-order valence-electron chi connectivity index (χ0n) is 13.4. The van der Waals surface area contributed by atoms with Crippen LogP contribution in [0.2, 0.25) is 32.2 Å². The average Bonchev–Trinajstić information content (AvgIpc) is 2.29. The quantitative estimate of drug-likeness (QED) is 0.510. The third-order valence-corrected chi connectivity index (χ3v) is 17.1. The van der Waals surface area contributed by atoms with Gasteiger partial charge >= 0.3 is 14.7 Å². The predicted octanol–water partition coefficient (Wildman–Crippen LogP) is 2.05. The lowest BCUT2D eigenvalue weighted by atomic mass is 10.4. The van der Waals surface area contributed by atoms with Gasteiger partial charge in [0.2, 0.25) is 0 Å². The molecule has 1 rings (SSSR count). The molecule has 0 N–H and O–H groups in total. The fourth-order valence-corrected chi connectivity index (χ4v) is 16.9. The van der Waals surface area contributed by atoms with Crippen LogP contribution in [0, 0.1) is 0 Å². The summed E-state index contributed by atoms with van der Waals surface area (Å²) >= 11 is 0. The molecule has 5 nitrogen and oxygen atoms in total. The molecule has 0 radical (unpaired) electrons. The Morgan fingerprint density at radius 2 is 1.50 bits per heavy atom. The average molecular weight is 395 g/mol. The lowest BCUT2D eigenvalue weighted by Gasteiger charge is -2.37. The topological polar surface area (TPSA) is 46.2 Å². The van der Waals surface area contributed by atoms with Crippen LogP contribution >= 0.6 is 0 Å². The highest BCUT2D eigenvalue weighted by molar-refractivity contribution is 6.81. The first kappa shape index (κ1) is 20.5. The van der Waals surface area contributed by atoms with E-state index in [0.717, 1.165) is 0 Å². The van der Waals surface area contributed by atoms with Crippen molar-refractivity contribution in [1.82, 2.24) is 0 Å². The van der Waals surface area contributed by atoms with Gasteiger partial charge in [0.15, 0.2) is 0 Å². The summed E-state index contributed by atoms with van der Waals surface area (Å²) in [5, 5.41) is 0. The van der Waals surface area contributed by atoms with Crippen molar-refractivity contribution in [2.24, 2.45) is 0 Å². The number of alkyl halides is 3. The molecule has 1 saturated heterocycles. The summed E-state index contributed by atoms with van der Waals surface area (Å²) in [4.78, 5) is 0. The zero-order chi connectivity index (χ0) is 16.8. The van der Waals surface area contributed by atoms with Crippen molar-refractivity contribution in [2.75, 3.05) is 13.2 Å². The monoisotopic (exact) mass is 394 g/mol. The number of hydrogen-bond acceptors (Lipinski definition) is 5. The van der Waals surface area contributed by atoms with Crippen LogP contribution in [0.5, 0.6) is 0 Å². The van der Waals surface area contributed by atoms with Gasteiger partial charge in [-0.05, 0) is 38.7 Å². The Kier molecular flexibility index (Phi) is 8.46. The molecule has 0 aliphatic carbocycles. The van der Waals surface area contributed by atoms with E-state index >= 15 is 0 Å². The standard InChI is InChI=1S/C10H25F3O5Si4/c1-19-15-20(2)17-22(4,18-21(3)16-19)9-5-7-14-8-6-10(11,12)13/h19-21H,5-9H2,1-4H3. The van der Waals surface area contributed by atoms with Crippen LogP contribution in [0.3, 0.4) is 0 Å². The summed E-state index contributed by atoms with van der Waals surface area (Å²) in [6.07, 6.45) is -4.45. The van der Waals surface area contributed by atoms with Gasteiger partial charge in [0, 0.05) is 6.61 Å². The maximum atomic E-state index is 12.0. The molecule has 12 heteroatoms. The van der Waals surface area contributed by atoms with E-state index in [1.807, 2.05) is 26.2 Å². The van der Waals surface area contributed by atoms with E-state index in [2.05, 4.69) is 0 Å². The first-order valence-electron chi connectivity index (χ1n) is 7.41. The number of hydrogen-bond donors (Lipinski definition) is 0. The van der Waals surface area contributed by atoms with Gasteiger partial charge in [-0.2, -0.15) is 13.2 Å². The molecule has 0 aromatic rings. The van der Waals surface area contributed by atoms with E-state index in [4.69, 9.17) is 21.2 Å². The molecule has 0 saturated carbocycles. The van der Waals surface area contributed by atoms with Crippen LogP contribution in [0.15, 0.2) is 0 Å². The maximum Gasteiger partial charge on any atom is 0.391 e. The van der Waals surface area contributed by atoms with E-state index in [1.54, 1.807) is 0 Å². The van der Waals surface area contributed by atoms with E-state index in [9.17, 15) is 13.2 Å². The molecule has 2 atom stereocenters. The number of halogens is 3. The van der Waals surface area contributed by atoms with Crippen LogP contribution in [-0.2, 0) is 21.2 Å². The predicted molar refractivity (Wildman–Crippen MR) is 85.9 cm³/mol. The Hall–Kier alpha value is 0.458. The van der Waals surface area contributed by atoms with Crippen LogP contribution in [0.4, 0.5) is 13.2 Å². The van der Waals surface area contributed by atoms with E-state index < -0.39 is 49.0 Å². The minimum Gasteiger partial charge on any atom is -0.420 e. The van der Waals surface area contributed by atoms with Crippen LogP contribution in [0.1, 0.15) is 12.8 Å². The molecule has 0 amide bonds. The Morgan fingerprint density at radius 1 is 0.955 bits per heavy atom. The first-order valence-corrected chi connectivity index (χ1v) is 16.2. The van der Waals surface area contributed by atoms with Gasteiger partial charge in [-0.1, -0.05) is 0 Å². The number of ether oxygens (including phenoxy) is 1. The second kappa shape index (κ2) is 9.07. The third-order valence-electron chi connectivity index (χ3n) is 3.05. The van der Waals surface area contributed by atoms with Crippen LogP contribution < -0.4 is 0 Å². The molecule has 1 aliphatic rings. The molecule has 1 heterocycles. The van der Waals surface area contributed by atoms with Crippen molar-refractivity contribution in [3.05, 3.63) is 0 Å². The summed E-state index contributed by atoms with van der Waals surface area (Å²) in [6, 6.07) is 0.677. The van der Waals surface area contributed by atoms with E-state index in [1.165, 1.54) is 0 Å². The minimum atomic E-state index is -4.16. The molecule has 0 aromatic heterocycles. The molecule has 1 fully saturated rings. The Morgan fingerprint density at radius 3 is 2.00 bits per heavy atom. The second-order valence-electron chi connectivity index (χ2n) is 5.43. The summed E-state index contributed by atoms with van der Waals surface area (Å²) in [7, 11) is -7.54. The van der Waals surface area contributed by atoms with Crippen molar-refractivity contribution in [2.45, 2.75) is 51.3 Å². The highest BCUT2D eigenvalue weighted by Crippen LogP contribution is 2.22. The summed E-state index contributed by atoms with van der Waals surface area (Å²) < 4.78 is 64.7. The van der Waals surface area contributed by atoms with Crippen molar-refractivity contribution >= 4 is 36.4 Å². The number of rotatable bonds is 6. The van der Waals surface area contributed by atoms with Crippen molar-refractivity contribution in [3.8, 4) is 0 Å². The Labute approximate surface area is 135 Å². The molecule has 0 aromatic carbocycles. The molecule has 2 unspecified atom stereocenters. The van der Waals surface area contributed by atoms with Gasteiger partial charge in [0.25, 0.3) is 27.9 Å². The molecular weight excluding hydrogens is 369 g/mol. The highest BCUT2D eigenvalue weighted by atomic mass is 28.5. The van der Waals surface area contributed by atoms with Crippen LogP contribution in [0.25, 0.3) is 0 Å². The minimum absolute atomic E-state index is 0.282. The lowest BCUT2D eigenvalue weighted by Crippen LogP contribution is -2.53. The second-order valence-corrected chi connectivity index (χ2v) is 15.7. The fraction of sp³-hybridized carbons (Fsp3) is 1.00. The van der Waals surface area contributed by atoms with Crippen molar-refractivity contribution in [3.63, 3.8) is 0 Å². The van der Waals surface area contributed by atoms with Gasteiger partial charge in [0.05, 0.1) is 13.0 Å². The van der Waals surface area contributed by atoms with Gasteiger partial charge in [0.1, 0.15) is 0 Å². The normalized spacial score (nSPS) is 34.2. The largest absolute Gasteiger partial charge is 0.420 e. The zero-order valence-corrected chi connectivity index (χ0v) is 17.9. The van der Waals surface area contributed by atoms with E-state index in [-0.39, 0.29) is 13.2 Å². The Bertz CT molecular complexity index is 322. The SMILES string of the molecule is C[SiH]1O[SiH](C)O[Si](C)(CCCOCCC(F)(F)F)O[SiH](C)O1. The van der Waals surface area contributed by atoms with Gasteiger partial charge in [-0.15, -0.1) is 0 Å². The van der Waals surface area contributed by atoms with Gasteiger partial charge in [-0.25, -0.2) is 0 Å². The molecule has 0 spiro atoms. The third kappa shape index (κ3) is 8.93. The van der Waals surface area contributed by atoms with E-state index in [0.29, 0.717) is 12.5 Å².